The Hall–Kier alpha value is -1.20. The van der Waals surface area contributed by atoms with Gasteiger partial charge < -0.3 is 4.98 Å². The second-order valence-corrected chi connectivity index (χ2v) is 4.59. The van der Waals surface area contributed by atoms with Gasteiger partial charge in [0.05, 0.1) is 0 Å². The standard InChI is InChI=1S/C10H7BrN2OS/c11-7-4-6-15-8(7)1-2-9-12-5-3-10(14)13-9/h1-6H,(H,12,13,14)/b2-1+. The SMILES string of the molecule is O=c1ccnc(/C=C/c2sccc2Br)[nH]1. The maximum Gasteiger partial charge on any atom is 0.251 e. The Bertz CT molecular complexity index is 544. The first-order chi connectivity index (χ1) is 7.25. The molecule has 0 saturated heterocycles. The Morgan fingerprint density at radius 3 is 2.93 bits per heavy atom. The van der Waals surface area contributed by atoms with E-state index in [9.17, 15) is 4.79 Å². The van der Waals surface area contributed by atoms with Gasteiger partial charge in [0.1, 0.15) is 5.82 Å². The zero-order valence-electron chi connectivity index (χ0n) is 7.61. The molecule has 76 valence electrons. The Kier molecular flexibility index (Phi) is 3.13. The number of rotatable bonds is 2. The summed E-state index contributed by atoms with van der Waals surface area (Å²) in [7, 11) is 0. The minimum atomic E-state index is -0.144. The Morgan fingerprint density at radius 1 is 1.40 bits per heavy atom. The van der Waals surface area contributed by atoms with Gasteiger partial charge in [0.15, 0.2) is 0 Å². The van der Waals surface area contributed by atoms with Crippen molar-refractivity contribution in [2.24, 2.45) is 0 Å². The topological polar surface area (TPSA) is 45.8 Å². The number of nitrogens with zero attached hydrogens (tertiary/aromatic N) is 1. The summed E-state index contributed by atoms with van der Waals surface area (Å²) in [6, 6.07) is 3.36. The number of H-pyrrole nitrogens is 1. The lowest BCUT2D eigenvalue weighted by Gasteiger charge is -1.90. The number of hydrogen-bond acceptors (Lipinski definition) is 3. The average molecular weight is 283 g/mol. The molecule has 0 atom stereocenters. The van der Waals surface area contributed by atoms with Gasteiger partial charge in [0.25, 0.3) is 5.56 Å². The third-order valence-electron chi connectivity index (χ3n) is 1.73. The molecule has 0 fully saturated rings. The molecule has 15 heavy (non-hydrogen) atoms. The van der Waals surface area contributed by atoms with Crippen molar-refractivity contribution < 1.29 is 0 Å². The number of aromatic amines is 1. The molecule has 0 amide bonds. The van der Waals surface area contributed by atoms with Crippen LogP contribution in [0.5, 0.6) is 0 Å². The minimum Gasteiger partial charge on any atom is -0.307 e. The zero-order valence-corrected chi connectivity index (χ0v) is 10.0. The van der Waals surface area contributed by atoms with Crippen LogP contribution in [-0.4, -0.2) is 9.97 Å². The van der Waals surface area contributed by atoms with Gasteiger partial charge in [-0.25, -0.2) is 4.98 Å². The van der Waals surface area contributed by atoms with E-state index in [1.54, 1.807) is 17.4 Å². The molecule has 0 aliphatic heterocycles. The molecule has 0 aliphatic carbocycles. The predicted octanol–water partition coefficient (Wildman–Crippen LogP) is 2.76. The van der Waals surface area contributed by atoms with E-state index >= 15 is 0 Å². The molecule has 0 unspecified atom stereocenters. The first-order valence-corrected chi connectivity index (χ1v) is 5.89. The monoisotopic (exact) mass is 282 g/mol. The lowest BCUT2D eigenvalue weighted by Crippen LogP contribution is -2.05. The first kappa shape index (κ1) is 10.3. The van der Waals surface area contributed by atoms with Crippen LogP contribution in [0.2, 0.25) is 0 Å². The highest BCUT2D eigenvalue weighted by molar-refractivity contribution is 9.10. The van der Waals surface area contributed by atoms with Crippen LogP contribution in [0.3, 0.4) is 0 Å². The van der Waals surface area contributed by atoms with Gasteiger partial charge in [-0.1, -0.05) is 0 Å². The fraction of sp³-hybridized carbons (Fsp3) is 0. The van der Waals surface area contributed by atoms with E-state index in [1.165, 1.54) is 12.3 Å². The van der Waals surface area contributed by atoms with Crippen molar-refractivity contribution in [2.45, 2.75) is 0 Å². The molecule has 0 aromatic carbocycles. The van der Waals surface area contributed by atoms with E-state index in [1.807, 2.05) is 17.5 Å². The third-order valence-corrected chi connectivity index (χ3v) is 3.56. The summed E-state index contributed by atoms with van der Waals surface area (Å²) in [6.45, 7) is 0. The van der Waals surface area contributed by atoms with E-state index in [0.717, 1.165) is 9.35 Å². The van der Waals surface area contributed by atoms with Crippen LogP contribution >= 0.6 is 27.3 Å². The fourth-order valence-corrected chi connectivity index (χ4v) is 2.45. The smallest absolute Gasteiger partial charge is 0.251 e. The van der Waals surface area contributed by atoms with Crippen LogP contribution in [0.25, 0.3) is 12.2 Å². The van der Waals surface area contributed by atoms with E-state index in [2.05, 4.69) is 25.9 Å². The minimum absolute atomic E-state index is 0.144. The van der Waals surface area contributed by atoms with Crippen molar-refractivity contribution in [3.63, 3.8) is 0 Å². The summed E-state index contributed by atoms with van der Waals surface area (Å²) < 4.78 is 1.04. The summed E-state index contributed by atoms with van der Waals surface area (Å²) in [5, 5.41) is 1.99. The predicted molar refractivity (Wildman–Crippen MR) is 65.8 cm³/mol. The first-order valence-electron chi connectivity index (χ1n) is 4.22. The van der Waals surface area contributed by atoms with Gasteiger partial charge in [0, 0.05) is 21.6 Å². The lowest BCUT2D eigenvalue weighted by atomic mass is 10.4. The third kappa shape index (κ3) is 2.64. The Morgan fingerprint density at radius 2 is 2.27 bits per heavy atom. The molecule has 2 rings (SSSR count). The van der Waals surface area contributed by atoms with Gasteiger partial charge in [-0.15, -0.1) is 11.3 Å². The number of thiophene rings is 1. The Balaban J connectivity index is 2.26. The zero-order chi connectivity index (χ0) is 10.7. The molecule has 5 heteroatoms. The second kappa shape index (κ2) is 4.55. The molecular formula is C10H7BrN2OS. The molecule has 2 aromatic rings. The summed E-state index contributed by atoms with van der Waals surface area (Å²) >= 11 is 5.04. The molecule has 1 N–H and O–H groups in total. The quantitative estimate of drug-likeness (QED) is 0.921. The van der Waals surface area contributed by atoms with Gasteiger partial charge >= 0.3 is 0 Å². The fourth-order valence-electron chi connectivity index (χ4n) is 1.05. The van der Waals surface area contributed by atoms with E-state index < -0.39 is 0 Å². The largest absolute Gasteiger partial charge is 0.307 e. The molecule has 0 saturated carbocycles. The molecule has 0 bridgehead atoms. The summed E-state index contributed by atoms with van der Waals surface area (Å²) in [5.41, 5.74) is -0.144. The molecule has 3 nitrogen and oxygen atoms in total. The van der Waals surface area contributed by atoms with Gasteiger partial charge in [-0.2, -0.15) is 0 Å². The highest BCUT2D eigenvalue weighted by Crippen LogP contribution is 2.24. The number of halogens is 1. The van der Waals surface area contributed by atoms with Crippen molar-refractivity contribution in [3.8, 4) is 0 Å². The van der Waals surface area contributed by atoms with Crippen molar-refractivity contribution >= 4 is 39.4 Å². The van der Waals surface area contributed by atoms with Crippen LogP contribution in [-0.2, 0) is 0 Å². The molecule has 2 heterocycles. The second-order valence-electron chi connectivity index (χ2n) is 2.79. The van der Waals surface area contributed by atoms with Crippen molar-refractivity contribution in [1.82, 2.24) is 9.97 Å². The number of aromatic nitrogens is 2. The molecule has 0 aliphatic rings. The molecule has 2 aromatic heterocycles. The summed E-state index contributed by atoms with van der Waals surface area (Å²) in [6.07, 6.45) is 5.17. The normalized spacial score (nSPS) is 11.0. The van der Waals surface area contributed by atoms with Crippen LogP contribution in [0.15, 0.2) is 33.0 Å². The lowest BCUT2D eigenvalue weighted by molar-refractivity contribution is 1.09. The summed E-state index contributed by atoms with van der Waals surface area (Å²) in [5.74, 6) is 0.558. The van der Waals surface area contributed by atoms with Crippen molar-refractivity contribution in [2.75, 3.05) is 0 Å². The van der Waals surface area contributed by atoms with E-state index in [4.69, 9.17) is 0 Å². The maximum absolute atomic E-state index is 11.0. The van der Waals surface area contributed by atoms with Gasteiger partial charge in [-0.05, 0) is 39.5 Å². The molecule has 0 radical (unpaired) electrons. The van der Waals surface area contributed by atoms with Gasteiger partial charge in [0.2, 0.25) is 0 Å². The van der Waals surface area contributed by atoms with Crippen LogP contribution in [0, 0.1) is 0 Å². The van der Waals surface area contributed by atoms with Crippen LogP contribution in [0.4, 0.5) is 0 Å². The Labute approximate surface area is 98.6 Å². The molecular weight excluding hydrogens is 276 g/mol. The van der Waals surface area contributed by atoms with E-state index in [0.29, 0.717) is 5.82 Å². The van der Waals surface area contributed by atoms with Crippen LogP contribution in [0.1, 0.15) is 10.7 Å². The van der Waals surface area contributed by atoms with Crippen LogP contribution < -0.4 is 5.56 Å². The summed E-state index contributed by atoms with van der Waals surface area (Å²) in [4.78, 5) is 18.7. The van der Waals surface area contributed by atoms with Crippen molar-refractivity contribution in [3.05, 3.63) is 49.2 Å². The molecule has 0 spiro atoms. The number of nitrogens with one attached hydrogen (secondary N) is 1. The van der Waals surface area contributed by atoms with E-state index in [-0.39, 0.29) is 5.56 Å². The van der Waals surface area contributed by atoms with Gasteiger partial charge in [-0.3, -0.25) is 4.79 Å². The maximum atomic E-state index is 11.0. The highest BCUT2D eigenvalue weighted by atomic mass is 79.9. The highest BCUT2D eigenvalue weighted by Gasteiger charge is 1.96. The van der Waals surface area contributed by atoms with Crippen molar-refractivity contribution in [1.29, 1.82) is 0 Å². The number of hydrogen-bond donors (Lipinski definition) is 1. The average Bonchev–Trinajstić information content (AvgIpc) is 2.61.